The molecule has 3 unspecified atom stereocenters. The van der Waals surface area contributed by atoms with Gasteiger partial charge in [-0.25, -0.2) is 8.78 Å². The average Bonchev–Trinajstić information content (AvgIpc) is 3.00. The molecule has 0 bridgehead atoms. The Balaban J connectivity index is 1.79. The van der Waals surface area contributed by atoms with Gasteiger partial charge in [0.2, 0.25) is 5.91 Å². The first kappa shape index (κ1) is 20.4. The standard InChI is InChI=1S/C24H18Cl2F2N2O/c25-14-3-1-2-13(10-14)18-8-9-29-22(17-6-5-16(27)12-20(17)28)24(18)19-7-4-15(26)11-21(19)30-23(24)31/h1-7,10-12,18,22,29H,8-9H2,(H,30,31). The molecule has 0 aliphatic carbocycles. The topological polar surface area (TPSA) is 41.1 Å². The molecule has 31 heavy (non-hydrogen) atoms. The number of nitrogens with one attached hydrogen (secondary N) is 2. The van der Waals surface area contributed by atoms with E-state index in [1.165, 1.54) is 12.1 Å². The van der Waals surface area contributed by atoms with Gasteiger partial charge in [0.15, 0.2) is 0 Å². The van der Waals surface area contributed by atoms with E-state index in [4.69, 9.17) is 23.2 Å². The van der Waals surface area contributed by atoms with Crippen molar-refractivity contribution in [2.75, 3.05) is 11.9 Å². The van der Waals surface area contributed by atoms with E-state index in [9.17, 15) is 13.6 Å². The average molecular weight is 459 g/mol. The molecule has 0 aromatic heterocycles. The lowest BCUT2D eigenvalue weighted by atomic mass is 9.59. The van der Waals surface area contributed by atoms with Crippen molar-refractivity contribution in [1.82, 2.24) is 5.32 Å². The fourth-order valence-corrected chi connectivity index (χ4v) is 5.54. The zero-order valence-electron chi connectivity index (χ0n) is 16.3. The minimum absolute atomic E-state index is 0.242. The monoisotopic (exact) mass is 458 g/mol. The molecule has 1 saturated heterocycles. The SMILES string of the molecule is O=C1Nc2cc(Cl)ccc2C12C(c1cccc(Cl)c1)CCNC2c1ccc(F)cc1F. The highest BCUT2D eigenvalue weighted by Crippen LogP contribution is 2.57. The molecule has 3 atom stereocenters. The van der Waals surface area contributed by atoms with Crippen LogP contribution in [0.1, 0.15) is 35.1 Å². The van der Waals surface area contributed by atoms with E-state index in [1.807, 2.05) is 24.3 Å². The summed E-state index contributed by atoms with van der Waals surface area (Å²) in [6.45, 7) is 0.552. The van der Waals surface area contributed by atoms with Gasteiger partial charge in [0.25, 0.3) is 0 Å². The summed E-state index contributed by atoms with van der Waals surface area (Å²) in [6, 6.07) is 15.4. The maximum Gasteiger partial charge on any atom is 0.237 e. The molecular weight excluding hydrogens is 441 g/mol. The fourth-order valence-electron chi connectivity index (χ4n) is 5.17. The largest absolute Gasteiger partial charge is 0.325 e. The Morgan fingerprint density at radius 2 is 1.77 bits per heavy atom. The molecular formula is C24H18Cl2F2N2O. The molecule has 5 rings (SSSR count). The first-order valence-corrected chi connectivity index (χ1v) is 10.7. The van der Waals surface area contributed by atoms with Crippen molar-refractivity contribution in [1.29, 1.82) is 0 Å². The number of fused-ring (bicyclic) bond motifs is 2. The first-order chi connectivity index (χ1) is 14.9. The van der Waals surface area contributed by atoms with E-state index in [1.54, 1.807) is 18.2 Å². The van der Waals surface area contributed by atoms with Crippen molar-refractivity contribution in [2.45, 2.75) is 23.8 Å². The third-order valence-electron chi connectivity index (χ3n) is 6.36. The Morgan fingerprint density at radius 3 is 2.55 bits per heavy atom. The molecule has 2 aliphatic rings. The predicted molar refractivity (Wildman–Crippen MR) is 118 cm³/mol. The molecule has 1 fully saturated rings. The maximum atomic E-state index is 15.0. The Labute approximate surface area is 188 Å². The van der Waals surface area contributed by atoms with Crippen LogP contribution in [0.4, 0.5) is 14.5 Å². The van der Waals surface area contributed by atoms with Gasteiger partial charge in [-0.1, -0.05) is 47.5 Å². The predicted octanol–water partition coefficient (Wildman–Crippen LogP) is 5.98. The van der Waals surface area contributed by atoms with Gasteiger partial charge in [0.05, 0.1) is 6.04 Å². The lowest BCUT2D eigenvalue weighted by molar-refractivity contribution is -0.123. The fraction of sp³-hybridized carbons (Fsp3) is 0.208. The highest BCUT2D eigenvalue weighted by atomic mass is 35.5. The number of carbonyl (C=O) groups is 1. The number of hydrogen-bond donors (Lipinski definition) is 2. The van der Waals surface area contributed by atoms with E-state index in [2.05, 4.69) is 10.6 Å². The van der Waals surface area contributed by atoms with Crippen molar-refractivity contribution in [3.63, 3.8) is 0 Å². The Bertz CT molecular complexity index is 1200. The first-order valence-electron chi connectivity index (χ1n) is 9.96. The molecule has 0 saturated carbocycles. The van der Waals surface area contributed by atoms with Gasteiger partial charge in [0, 0.05) is 33.3 Å². The van der Waals surface area contributed by atoms with Crippen molar-refractivity contribution in [2.24, 2.45) is 0 Å². The number of benzene rings is 3. The molecule has 1 spiro atoms. The second-order valence-electron chi connectivity index (χ2n) is 7.96. The van der Waals surface area contributed by atoms with E-state index in [0.717, 1.165) is 17.2 Å². The van der Waals surface area contributed by atoms with Crippen molar-refractivity contribution in [3.8, 4) is 0 Å². The molecule has 158 valence electrons. The molecule has 3 nitrogen and oxygen atoms in total. The van der Waals surface area contributed by atoms with Crippen LogP contribution < -0.4 is 10.6 Å². The summed E-state index contributed by atoms with van der Waals surface area (Å²) in [6.07, 6.45) is 0.634. The normalized spacial score (nSPS) is 24.8. The number of piperidine rings is 1. The van der Waals surface area contributed by atoms with Gasteiger partial charge < -0.3 is 10.6 Å². The van der Waals surface area contributed by atoms with Gasteiger partial charge in [-0.15, -0.1) is 0 Å². The van der Waals surface area contributed by atoms with Crippen LogP contribution in [0.15, 0.2) is 60.7 Å². The highest BCUT2D eigenvalue weighted by molar-refractivity contribution is 6.31. The van der Waals surface area contributed by atoms with Gasteiger partial charge in [-0.3, -0.25) is 4.79 Å². The number of hydrogen-bond acceptors (Lipinski definition) is 2. The third kappa shape index (κ3) is 3.15. The molecule has 2 heterocycles. The van der Waals surface area contributed by atoms with E-state index >= 15 is 0 Å². The number of halogens is 4. The van der Waals surface area contributed by atoms with Crippen molar-refractivity contribution in [3.05, 3.63) is 99.0 Å². The molecule has 3 aromatic rings. The summed E-state index contributed by atoms with van der Waals surface area (Å²) < 4.78 is 28.6. The quantitative estimate of drug-likeness (QED) is 0.495. The zero-order chi connectivity index (χ0) is 21.8. The van der Waals surface area contributed by atoms with Crippen LogP contribution in [0.2, 0.25) is 10.0 Å². The van der Waals surface area contributed by atoms with Crippen LogP contribution in [-0.4, -0.2) is 12.5 Å². The van der Waals surface area contributed by atoms with Crippen LogP contribution in [-0.2, 0) is 10.2 Å². The maximum absolute atomic E-state index is 15.0. The lowest BCUT2D eigenvalue weighted by Crippen LogP contribution is -2.55. The molecule has 3 aromatic carbocycles. The highest BCUT2D eigenvalue weighted by Gasteiger charge is 2.59. The summed E-state index contributed by atoms with van der Waals surface area (Å²) >= 11 is 12.5. The molecule has 7 heteroatoms. The lowest BCUT2D eigenvalue weighted by Gasteiger charge is -2.47. The van der Waals surface area contributed by atoms with Gasteiger partial charge >= 0.3 is 0 Å². The zero-order valence-corrected chi connectivity index (χ0v) is 17.8. The summed E-state index contributed by atoms with van der Waals surface area (Å²) in [5.74, 6) is -1.90. The number of carbonyl (C=O) groups excluding carboxylic acids is 1. The molecule has 1 amide bonds. The van der Waals surface area contributed by atoms with Crippen LogP contribution >= 0.6 is 23.2 Å². The minimum atomic E-state index is -1.17. The summed E-state index contributed by atoms with van der Waals surface area (Å²) in [7, 11) is 0. The number of anilines is 1. The summed E-state index contributed by atoms with van der Waals surface area (Å²) in [5.41, 5.74) is 1.29. The van der Waals surface area contributed by atoms with Crippen LogP contribution in [0.3, 0.4) is 0 Å². The number of amides is 1. The molecule has 2 N–H and O–H groups in total. The van der Waals surface area contributed by atoms with Gasteiger partial charge in [0.1, 0.15) is 17.0 Å². The second kappa shape index (κ2) is 7.59. The summed E-state index contributed by atoms with van der Waals surface area (Å²) in [5, 5.41) is 7.34. The summed E-state index contributed by atoms with van der Waals surface area (Å²) in [4.78, 5) is 13.7. The van der Waals surface area contributed by atoms with Crippen LogP contribution in [0, 0.1) is 11.6 Å². The van der Waals surface area contributed by atoms with E-state index < -0.39 is 23.1 Å². The second-order valence-corrected chi connectivity index (χ2v) is 8.84. The van der Waals surface area contributed by atoms with Crippen LogP contribution in [0.5, 0.6) is 0 Å². The van der Waals surface area contributed by atoms with Crippen molar-refractivity contribution < 1.29 is 13.6 Å². The molecule has 2 aliphatic heterocycles. The van der Waals surface area contributed by atoms with Gasteiger partial charge in [-0.05, 0) is 54.4 Å². The number of rotatable bonds is 2. The Kier molecular flexibility index (Phi) is 5.00. The van der Waals surface area contributed by atoms with Crippen LogP contribution in [0.25, 0.3) is 0 Å². The van der Waals surface area contributed by atoms with Crippen molar-refractivity contribution >= 4 is 34.8 Å². The third-order valence-corrected chi connectivity index (χ3v) is 6.83. The minimum Gasteiger partial charge on any atom is -0.325 e. The molecule has 0 radical (unpaired) electrons. The Hall–Kier alpha value is -2.47. The van der Waals surface area contributed by atoms with Gasteiger partial charge in [-0.2, -0.15) is 0 Å². The van der Waals surface area contributed by atoms with E-state index in [-0.39, 0.29) is 17.4 Å². The van der Waals surface area contributed by atoms with E-state index in [0.29, 0.717) is 28.7 Å². The smallest absolute Gasteiger partial charge is 0.237 e. The Morgan fingerprint density at radius 1 is 0.968 bits per heavy atom.